The first-order valence-electron chi connectivity index (χ1n) is 15.8. The highest BCUT2D eigenvalue weighted by Crippen LogP contribution is 2.62. The molecule has 2 aliphatic carbocycles. The monoisotopic (exact) mass is 651 g/mol. The Hall–Kier alpha value is -3.21. The van der Waals surface area contributed by atoms with E-state index in [4.69, 9.17) is 4.74 Å². The van der Waals surface area contributed by atoms with Gasteiger partial charge in [-0.25, -0.2) is 18.1 Å². The average Bonchev–Trinajstić information content (AvgIpc) is 3.73. The van der Waals surface area contributed by atoms with Gasteiger partial charge in [0.25, 0.3) is 15.9 Å². The quantitative estimate of drug-likeness (QED) is 0.369. The lowest BCUT2D eigenvalue weighted by Crippen LogP contribution is -2.67. The van der Waals surface area contributed by atoms with Crippen LogP contribution < -0.4 is 9.46 Å². The van der Waals surface area contributed by atoms with Crippen LogP contribution in [0.2, 0.25) is 0 Å². The molecule has 1 spiro atoms. The molecule has 1 atom stereocenters. The standard InChI is InChI=1S/C34H41N5O4S.ClH/c1-21(2)13-25-20-43-30-15-29(31-22(3)7-5-8-23(31)4)35-33(36-30)37-44(41,42)28-10-6-9-24(14-28)32(40)39(25)27-18-38(19-27)26-16-34(17-26)11-12-34;/h5-10,14-15,21,25-27H,11-13,16-20H2,1-4H3,(H,35,36,37);1H/t25-;/m1./s1. The van der Waals surface area contributed by atoms with Gasteiger partial charge in [-0.3, -0.25) is 9.69 Å². The second-order valence-electron chi connectivity index (χ2n) is 13.8. The molecule has 1 aromatic heterocycles. The van der Waals surface area contributed by atoms with Crippen LogP contribution in [0.1, 0.15) is 67.4 Å². The van der Waals surface area contributed by atoms with Crippen molar-refractivity contribution in [1.29, 1.82) is 0 Å². The van der Waals surface area contributed by atoms with Gasteiger partial charge in [0.2, 0.25) is 11.8 Å². The summed E-state index contributed by atoms with van der Waals surface area (Å²) in [6.45, 7) is 10.2. The third kappa shape index (κ3) is 6.16. The van der Waals surface area contributed by atoms with Crippen molar-refractivity contribution in [2.45, 2.75) is 82.8 Å². The number of fused-ring (bicyclic) bond motifs is 4. The lowest BCUT2D eigenvalue weighted by Gasteiger charge is -2.55. The Morgan fingerprint density at radius 2 is 1.69 bits per heavy atom. The van der Waals surface area contributed by atoms with Gasteiger partial charge in [0.1, 0.15) is 6.61 Å². The molecule has 0 unspecified atom stereocenters. The summed E-state index contributed by atoms with van der Waals surface area (Å²) in [6.07, 6.45) is 6.02. The fourth-order valence-corrected chi connectivity index (χ4v) is 8.37. The fraction of sp³-hybridized carbons (Fsp3) is 0.500. The minimum absolute atomic E-state index is 0. The molecule has 2 saturated carbocycles. The number of aromatic nitrogens is 2. The van der Waals surface area contributed by atoms with Gasteiger partial charge in [-0.1, -0.05) is 38.1 Å². The summed E-state index contributed by atoms with van der Waals surface area (Å²) in [5.41, 5.74) is 4.47. The third-order valence-electron chi connectivity index (χ3n) is 9.95. The summed E-state index contributed by atoms with van der Waals surface area (Å²) in [5, 5.41) is 0. The predicted octanol–water partition coefficient (Wildman–Crippen LogP) is 5.86. The van der Waals surface area contributed by atoms with E-state index >= 15 is 0 Å². The molecule has 3 aromatic rings. The van der Waals surface area contributed by atoms with Crippen molar-refractivity contribution in [1.82, 2.24) is 19.8 Å². The van der Waals surface area contributed by atoms with Gasteiger partial charge in [0.05, 0.1) is 22.7 Å². The van der Waals surface area contributed by atoms with Gasteiger partial charge in [0, 0.05) is 36.3 Å². The molecule has 7 rings (SSSR count). The van der Waals surface area contributed by atoms with Crippen LogP contribution in [0, 0.1) is 25.2 Å². The number of amides is 1. The van der Waals surface area contributed by atoms with Crippen molar-refractivity contribution < 1.29 is 17.9 Å². The summed E-state index contributed by atoms with van der Waals surface area (Å²) in [6, 6.07) is 14.5. The second kappa shape index (κ2) is 11.9. The smallest absolute Gasteiger partial charge is 0.264 e. The van der Waals surface area contributed by atoms with Crippen molar-refractivity contribution in [3.63, 3.8) is 0 Å². The number of aryl methyl sites for hydroxylation is 2. The molecule has 4 bridgehead atoms. The molecule has 1 saturated heterocycles. The molecule has 9 nitrogen and oxygen atoms in total. The normalized spacial score (nSPS) is 22.6. The summed E-state index contributed by atoms with van der Waals surface area (Å²) < 4.78 is 36.2. The van der Waals surface area contributed by atoms with Gasteiger partial charge < -0.3 is 9.64 Å². The molecular weight excluding hydrogens is 610 g/mol. The van der Waals surface area contributed by atoms with Crippen LogP contribution in [0.15, 0.2) is 53.4 Å². The number of sulfonamides is 1. The molecule has 2 aromatic carbocycles. The molecule has 45 heavy (non-hydrogen) atoms. The largest absolute Gasteiger partial charge is 0.475 e. The van der Waals surface area contributed by atoms with Gasteiger partial charge in [0.15, 0.2) is 0 Å². The molecule has 0 radical (unpaired) electrons. The van der Waals surface area contributed by atoms with E-state index in [9.17, 15) is 13.2 Å². The zero-order chi connectivity index (χ0) is 30.8. The number of nitrogens with one attached hydrogen (secondary N) is 1. The Morgan fingerprint density at radius 3 is 2.36 bits per heavy atom. The molecule has 11 heteroatoms. The van der Waals surface area contributed by atoms with Crippen LogP contribution in [-0.2, 0) is 10.0 Å². The van der Waals surface area contributed by atoms with Crippen molar-refractivity contribution in [2.24, 2.45) is 11.3 Å². The van der Waals surface area contributed by atoms with E-state index in [0.717, 1.165) is 36.2 Å². The summed E-state index contributed by atoms with van der Waals surface area (Å²) >= 11 is 0. The summed E-state index contributed by atoms with van der Waals surface area (Å²) in [4.78, 5) is 27.9. The summed E-state index contributed by atoms with van der Waals surface area (Å²) in [7, 11) is -4.09. The van der Waals surface area contributed by atoms with Crippen LogP contribution >= 0.6 is 12.4 Å². The molecule has 3 fully saturated rings. The fourth-order valence-electron chi connectivity index (χ4n) is 7.38. The molecular formula is C34H42ClN5O4S. The predicted molar refractivity (Wildman–Crippen MR) is 176 cm³/mol. The van der Waals surface area contributed by atoms with Gasteiger partial charge in [-0.2, -0.15) is 4.98 Å². The maximum absolute atomic E-state index is 14.3. The van der Waals surface area contributed by atoms with E-state index in [0.29, 0.717) is 28.6 Å². The van der Waals surface area contributed by atoms with E-state index in [1.54, 1.807) is 18.2 Å². The number of nitrogens with zero attached hydrogens (tertiary/aromatic N) is 4. The molecule has 240 valence electrons. The van der Waals surface area contributed by atoms with Gasteiger partial charge >= 0.3 is 0 Å². The minimum Gasteiger partial charge on any atom is -0.475 e. The molecule has 1 amide bonds. The lowest BCUT2D eigenvalue weighted by atomic mass is 9.74. The zero-order valence-electron chi connectivity index (χ0n) is 26.3. The number of halogens is 1. The van der Waals surface area contributed by atoms with Crippen LogP contribution in [0.3, 0.4) is 0 Å². The highest BCUT2D eigenvalue weighted by Gasteiger charge is 2.56. The van der Waals surface area contributed by atoms with Crippen LogP contribution in [0.4, 0.5) is 5.95 Å². The number of likely N-dealkylation sites (tertiary alicyclic amines) is 1. The Kier molecular flexibility index (Phi) is 8.37. The first-order chi connectivity index (χ1) is 21.0. The number of carbonyl (C=O) groups is 1. The van der Waals surface area contributed by atoms with Gasteiger partial charge in [-0.15, -0.1) is 12.4 Å². The Balaban J connectivity index is 0.00000357. The minimum atomic E-state index is -4.09. The topological polar surface area (TPSA) is 105 Å². The number of rotatable bonds is 5. The number of anilines is 1. The number of ether oxygens (including phenoxy) is 1. The van der Waals surface area contributed by atoms with Crippen molar-refractivity contribution in [2.75, 3.05) is 24.4 Å². The number of carbonyl (C=O) groups excluding carboxylic acids is 1. The van der Waals surface area contributed by atoms with Crippen LogP contribution in [0.5, 0.6) is 5.88 Å². The van der Waals surface area contributed by atoms with Crippen molar-refractivity contribution in [3.05, 3.63) is 65.2 Å². The van der Waals surface area contributed by atoms with Crippen LogP contribution in [0.25, 0.3) is 11.3 Å². The SMILES string of the molecule is Cc1cccc(C)c1-c1cc2nc(n1)NS(=O)(=O)c1cccc(c1)C(=O)N(C1CN(C3CC4(CC4)C3)C1)[C@H](CC(C)C)CO2.Cl. The number of benzene rings is 2. The average molecular weight is 652 g/mol. The highest BCUT2D eigenvalue weighted by atomic mass is 35.5. The first kappa shape index (κ1) is 31.8. The van der Waals surface area contributed by atoms with E-state index in [2.05, 4.69) is 33.4 Å². The number of hydrogen-bond donors (Lipinski definition) is 1. The zero-order valence-corrected chi connectivity index (χ0v) is 28.0. The van der Waals surface area contributed by atoms with E-state index in [-0.39, 0.29) is 53.7 Å². The van der Waals surface area contributed by atoms with Crippen molar-refractivity contribution in [3.8, 4) is 17.1 Å². The van der Waals surface area contributed by atoms with E-state index in [1.807, 2.05) is 36.9 Å². The Bertz CT molecular complexity index is 1690. The van der Waals surface area contributed by atoms with Gasteiger partial charge in [-0.05, 0) is 86.6 Å². The van der Waals surface area contributed by atoms with Crippen LogP contribution in [-0.4, -0.2) is 71.9 Å². The van der Waals surface area contributed by atoms with Crippen molar-refractivity contribution >= 4 is 34.3 Å². The summed E-state index contributed by atoms with van der Waals surface area (Å²) in [5.74, 6) is 0.340. The van der Waals surface area contributed by atoms with E-state index < -0.39 is 10.0 Å². The maximum Gasteiger partial charge on any atom is 0.264 e. The number of hydrogen-bond acceptors (Lipinski definition) is 7. The Morgan fingerprint density at radius 1 is 1.00 bits per heavy atom. The highest BCUT2D eigenvalue weighted by molar-refractivity contribution is 7.92. The molecule has 4 aliphatic rings. The second-order valence-corrected chi connectivity index (χ2v) is 15.5. The maximum atomic E-state index is 14.3. The molecule has 3 heterocycles. The molecule has 2 aliphatic heterocycles. The first-order valence-corrected chi connectivity index (χ1v) is 17.3. The third-order valence-corrected chi connectivity index (χ3v) is 11.3. The Labute approximate surface area is 272 Å². The lowest BCUT2D eigenvalue weighted by molar-refractivity contribution is -0.0508. The molecule has 1 N–H and O–H groups in total. The van der Waals surface area contributed by atoms with E-state index in [1.165, 1.54) is 37.8 Å².